The van der Waals surface area contributed by atoms with E-state index in [1.54, 1.807) is 0 Å². The number of fused-ring (bicyclic) bond motifs is 2. The van der Waals surface area contributed by atoms with E-state index < -0.39 is 19.7 Å². The van der Waals surface area contributed by atoms with Crippen LogP contribution in [0.25, 0.3) is 0 Å². The average Bonchev–Trinajstić information content (AvgIpc) is 2.94. The smallest absolute Gasteiger partial charge is 0.153 e. The van der Waals surface area contributed by atoms with Gasteiger partial charge >= 0.3 is 0 Å². The molecule has 0 amide bonds. The van der Waals surface area contributed by atoms with E-state index in [0.29, 0.717) is 6.54 Å². The Kier molecular flexibility index (Phi) is 3.80. The van der Waals surface area contributed by atoms with E-state index in [-0.39, 0.29) is 47.2 Å². The highest BCUT2D eigenvalue weighted by Gasteiger charge is 2.53. The molecule has 8 heteroatoms. The maximum absolute atomic E-state index is 12.1. The minimum atomic E-state index is -3.07. The lowest BCUT2D eigenvalue weighted by molar-refractivity contribution is 0.0678. The van der Waals surface area contributed by atoms with Crippen LogP contribution in [-0.4, -0.2) is 68.9 Å². The third kappa shape index (κ3) is 3.00. The van der Waals surface area contributed by atoms with Crippen molar-refractivity contribution in [3.8, 4) is 0 Å². The van der Waals surface area contributed by atoms with Crippen LogP contribution >= 0.6 is 0 Å². The Bertz CT molecular complexity index is 801. The third-order valence-corrected chi connectivity index (χ3v) is 8.84. The number of hydrogen-bond donors (Lipinski definition) is 1. The normalized spacial score (nSPS) is 37.0. The van der Waals surface area contributed by atoms with Gasteiger partial charge in [0.05, 0.1) is 23.0 Å². The summed E-state index contributed by atoms with van der Waals surface area (Å²) >= 11 is 0. The molecule has 1 N–H and O–H groups in total. The lowest BCUT2D eigenvalue weighted by atomic mass is 9.96. The molecule has 0 unspecified atom stereocenters. The van der Waals surface area contributed by atoms with Crippen molar-refractivity contribution in [2.24, 2.45) is 0 Å². The van der Waals surface area contributed by atoms with Gasteiger partial charge in [0.2, 0.25) is 0 Å². The van der Waals surface area contributed by atoms with Gasteiger partial charge in [0.1, 0.15) is 0 Å². The summed E-state index contributed by atoms with van der Waals surface area (Å²) in [6.45, 7) is 2.61. The summed E-state index contributed by atoms with van der Waals surface area (Å²) in [5.74, 6) is 0.427. The van der Waals surface area contributed by atoms with Crippen molar-refractivity contribution in [3.63, 3.8) is 0 Å². The second-order valence-electron chi connectivity index (χ2n) is 7.33. The molecular formula is C16H22N2O4S2. The first-order chi connectivity index (χ1) is 11.2. The molecular weight excluding hydrogens is 348 g/mol. The molecule has 3 heterocycles. The lowest BCUT2D eigenvalue weighted by Crippen LogP contribution is -2.66. The highest BCUT2D eigenvalue weighted by molar-refractivity contribution is 7.92. The number of benzene rings is 1. The van der Waals surface area contributed by atoms with Gasteiger partial charge < -0.3 is 5.32 Å². The molecule has 0 aliphatic carbocycles. The zero-order valence-electron chi connectivity index (χ0n) is 13.6. The van der Waals surface area contributed by atoms with Crippen molar-refractivity contribution in [2.45, 2.75) is 37.6 Å². The fraction of sp³-hybridized carbons (Fsp3) is 0.625. The van der Waals surface area contributed by atoms with E-state index in [0.717, 1.165) is 5.56 Å². The Morgan fingerprint density at radius 3 is 1.92 bits per heavy atom. The topological polar surface area (TPSA) is 83.6 Å². The molecule has 0 aromatic heterocycles. The first-order valence-electron chi connectivity index (χ1n) is 8.21. The molecule has 4 rings (SSSR count). The predicted molar refractivity (Wildman–Crippen MR) is 92.3 cm³/mol. The summed E-state index contributed by atoms with van der Waals surface area (Å²) < 4.78 is 48.4. The molecule has 0 spiro atoms. The summed E-state index contributed by atoms with van der Waals surface area (Å²) in [6.07, 6.45) is 0. The molecule has 3 saturated heterocycles. The van der Waals surface area contributed by atoms with Crippen molar-refractivity contribution in [3.05, 3.63) is 35.4 Å². The van der Waals surface area contributed by atoms with Crippen LogP contribution in [0.5, 0.6) is 0 Å². The summed E-state index contributed by atoms with van der Waals surface area (Å²) in [6, 6.07) is 7.50. The van der Waals surface area contributed by atoms with Gasteiger partial charge in [-0.05, 0) is 12.5 Å². The summed E-state index contributed by atoms with van der Waals surface area (Å²) in [5, 5.41) is 3.31. The highest BCUT2D eigenvalue weighted by Crippen LogP contribution is 2.32. The predicted octanol–water partition coefficient (Wildman–Crippen LogP) is -0.269. The van der Waals surface area contributed by atoms with E-state index >= 15 is 0 Å². The molecule has 132 valence electrons. The Morgan fingerprint density at radius 2 is 1.42 bits per heavy atom. The first-order valence-corrected chi connectivity index (χ1v) is 11.8. The van der Waals surface area contributed by atoms with Crippen LogP contribution < -0.4 is 5.32 Å². The van der Waals surface area contributed by atoms with Crippen LogP contribution in [-0.2, 0) is 26.2 Å². The van der Waals surface area contributed by atoms with E-state index in [2.05, 4.69) is 10.2 Å². The van der Waals surface area contributed by atoms with Crippen molar-refractivity contribution in [2.75, 3.05) is 23.0 Å². The van der Waals surface area contributed by atoms with Gasteiger partial charge in [0.15, 0.2) is 19.7 Å². The Hall–Kier alpha value is -0.960. The fourth-order valence-corrected chi connectivity index (χ4v) is 8.18. The SMILES string of the molecule is Cc1ccc(CN2[C@@H]3CS(=O)(=O)C[C@@H]3N[C@H]3CS(=O)(=O)C[C@H]32)cc1. The lowest BCUT2D eigenvalue weighted by Gasteiger charge is -2.45. The molecule has 6 nitrogen and oxygen atoms in total. The number of rotatable bonds is 2. The quantitative estimate of drug-likeness (QED) is 0.772. The van der Waals surface area contributed by atoms with Gasteiger partial charge in [-0.2, -0.15) is 0 Å². The molecule has 24 heavy (non-hydrogen) atoms. The monoisotopic (exact) mass is 370 g/mol. The molecule has 1 aromatic carbocycles. The van der Waals surface area contributed by atoms with Gasteiger partial charge in [-0.25, -0.2) is 16.8 Å². The van der Waals surface area contributed by atoms with Crippen molar-refractivity contribution in [1.82, 2.24) is 10.2 Å². The molecule has 0 saturated carbocycles. The molecule has 1 aromatic rings. The number of hydrogen-bond acceptors (Lipinski definition) is 6. The van der Waals surface area contributed by atoms with Crippen molar-refractivity contribution in [1.29, 1.82) is 0 Å². The molecule has 0 radical (unpaired) electrons. The largest absolute Gasteiger partial charge is 0.306 e. The number of piperazine rings is 1. The summed E-state index contributed by atoms with van der Waals surface area (Å²) in [5.41, 5.74) is 2.26. The van der Waals surface area contributed by atoms with Gasteiger partial charge in [-0.15, -0.1) is 0 Å². The maximum atomic E-state index is 12.1. The van der Waals surface area contributed by atoms with Crippen LogP contribution in [0.4, 0.5) is 0 Å². The number of aryl methyl sites for hydroxylation is 1. The standard InChI is InChI=1S/C16H22N2O4S2/c1-11-2-4-12(5-3-11)6-18-15-9-23(19,20)7-13(15)17-14-8-24(21,22)10-16(14)18/h2-5,13-17H,6-10H2,1H3/t13-,14-,15+,16+/m0/s1. The summed E-state index contributed by atoms with van der Waals surface area (Å²) in [7, 11) is -6.15. The molecule has 3 aliphatic rings. The van der Waals surface area contributed by atoms with E-state index in [9.17, 15) is 16.8 Å². The van der Waals surface area contributed by atoms with E-state index in [1.807, 2.05) is 31.2 Å². The number of nitrogens with zero attached hydrogens (tertiary/aromatic N) is 1. The van der Waals surface area contributed by atoms with Gasteiger partial charge in [-0.3, -0.25) is 4.90 Å². The highest BCUT2D eigenvalue weighted by atomic mass is 32.2. The van der Waals surface area contributed by atoms with Crippen molar-refractivity contribution >= 4 is 19.7 Å². The Morgan fingerprint density at radius 1 is 0.917 bits per heavy atom. The van der Waals surface area contributed by atoms with Crippen LogP contribution in [0.15, 0.2) is 24.3 Å². The van der Waals surface area contributed by atoms with Crippen molar-refractivity contribution < 1.29 is 16.8 Å². The van der Waals surface area contributed by atoms with E-state index in [4.69, 9.17) is 0 Å². The number of sulfone groups is 2. The van der Waals surface area contributed by atoms with Gasteiger partial charge in [0.25, 0.3) is 0 Å². The summed E-state index contributed by atoms with van der Waals surface area (Å²) in [4.78, 5) is 2.13. The fourth-order valence-electron chi connectivity index (χ4n) is 4.29. The first kappa shape index (κ1) is 16.5. The Balaban J connectivity index is 1.67. The maximum Gasteiger partial charge on any atom is 0.153 e. The van der Waals surface area contributed by atoms with Gasteiger partial charge in [0, 0.05) is 30.7 Å². The zero-order chi connectivity index (χ0) is 17.1. The average molecular weight is 370 g/mol. The second-order valence-corrected chi connectivity index (χ2v) is 11.6. The van der Waals surface area contributed by atoms with E-state index in [1.165, 1.54) is 5.56 Å². The molecule has 0 bridgehead atoms. The van der Waals surface area contributed by atoms with Crippen LogP contribution in [0, 0.1) is 6.92 Å². The minimum absolute atomic E-state index is 0.103. The molecule has 4 atom stereocenters. The second kappa shape index (κ2) is 5.52. The third-order valence-electron chi connectivity index (χ3n) is 5.41. The van der Waals surface area contributed by atoms with Crippen LogP contribution in [0.2, 0.25) is 0 Å². The zero-order valence-corrected chi connectivity index (χ0v) is 15.2. The van der Waals surface area contributed by atoms with Crippen LogP contribution in [0.1, 0.15) is 11.1 Å². The van der Waals surface area contributed by atoms with Crippen LogP contribution in [0.3, 0.4) is 0 Å². The molecule has 3 fully saturated rings. The number of nitrogens with one attached hydrogen (secondary N) is 1. The molecule has 3 aliphatic heterocycles. The minimum Gasteiger partial charge on any atom is -0.306 e. The van der Waals surface area contributed by atoms with Gasteiger partial charge in [-0.1, -0.05) is 29.8 Å². The Labute approximate surface area is 143 Å².